The third kappa shape index (κ3) is 5.56. The summed E-state index contributed by atoms with van der Waals surface area (Å²) in [6, 6.07) is 65.8. The fourth-order valence-corrected chi connectivity index (χ4v) is 9.02. The maximum Gasteiger partial charge on any atom is 0.167 e. The van der Waals surface area contributed by atoms with Gasteiger partial charge >= 0.3 is 0 Å². The highest BCUT2D eigenvalue weighted by molar-refractivity contribution is 7.26. The third-order valence-corrected chi connectivity index (χ3v) is 11.8. The second kappa shape index (κ2) is 13.3. The SMILES string of the molecule is c1ccc(-c2cccc(-c3ccc4sc5c(-c6cccc(-c7nc(-c8ccccc8)nc(-c8cccc9c8oc8ccccc89)n7)c6)cccc5c4c3)c2)cc1. The van der Waals surface area contributed by atoms with Gasteiger partial charge in [-0.3, -0.25) is 0 Å². The van der Waals surface area contributed by atoms with Crippen LogP contribution >= 0.6 is 11.3 Å². The summed E-state index contributed by atoms with van der Waals surface area (Å²) in [6.07, 6.45) is 0. The molecular formula is C51H31N3OS. The van der Waals surface area contributed by atoms with E-state index in [0.29, 0.717) is 17.5 Å². The van der Waals surface area contributed by atoms with Crippen LogP contribution < -0.4 is 0 Å². The maximum atomic E-state index is 6.43. The second-order valence-corrected chi connectivity index (χ2v) is 15.0. The van der Waals surface area contributed by atoms with Gasteiger partial charge in [-0.25, -0.2) is 15.0 Å². The van der Waals surface area contributed by atoms with E-state index in [1.165, 1.54) is 48.0 Å². The summed E-state index contributed by atoms with van der Waals surface area (Å²) in [7, 11) is 0. The fourth-order valence-electron chi connectivity index (χ4n) is 7.81. The molecule has 0 N–H and O–H groups in total. The van der Waals surface area contributed by atoms with Crippen molar-refractivity contribution in [3.8, 4) is 67.5 Å². The Morgan fingerprint density at radius 3 is 1.71 bits per heavy atom. The van der Waals surface area contributed by atoms with Crippen LogP contribution in [0.4, 0.5) is 0 Å². The second-order valence-electron chi connectivity index (χ2n) is 14.0. The van der Waals surface area contributed by atoms with Crippen LogP contribution in [-0.4, -0.2) is 15.0 Å². The summed E-state index contributed by atoms with van der Waals surface area (Å²) < 4.78 is 8.95. The Morgan fingerprint density at radius 2 is 0.893 bits per heavy atom. The quantitative estimate of drug-likeness (QED) is 0.171. The van der Waals surface area contributed by atoms with E-state index in [4.69, 9.17) is 19.4 Å². The molecule has 0 fully saturated rings. The molecule has 0 atom stereocenters. The van der Waals surface area contributed by atoms with Gasteiger partial charge in [0.1, 0.15) is 11.2 Å². The van der Waals surface area contributed by atoms with E-state index in [2.05, 4.69) is 127 Å². The topological polar surface area (TPSA) is 51.8 Å². The Labute approximate surface area is 327 Å². The average molecular weight is 734 g/mol. The number of para-hydroxylation sites is 2. The van der Waals surface area contributed by atoms with Crippen molar-refractivity contribution in [3.05, 3.63) is 188 Å². The van der Waals surface area contributed by atoms with E-state index in [1.54, 1.807) is 0 Å². The summed E-state index contributed by atoms with van der Waals surface area (Å²) in [6.45, 7) is 0. The van der Waals surface area contributed by atoms with Crippen LogP contribution in [0.3, 0.4) is 0 Å². The van der Waals surface area contributed by atoms with Gasteiger partial charge in [0.15, 0.2) is 17.5 Å². The largest absolute Gasteiger partial charge is 0.455 e. The summed E-state index contributed by atoms with van der Waals surface area (Å²) in [5.74, 6) is 1.79. The summed E-state index contributed by atoms with van der Waals surface area (Å²) in [5, 5.41) is 4.62. The number of benzene rings is 8. The van der Waals surface area contributed by atoms with Crippen LogP contribution in [-0.2, 0) is 0 Å². The van der Waals surface area contributed by atoms with Crippen molar-refractivity contribution in [1.29, 1.82) is 0 Å². The zero-order chi connectivity index (χ0) is 37.0. The molecule has 3 aromatic heterocycles. The van der Waals surface area contributed by atoms with E-state index in [-0.39, 0.29) is 0 Å². The molecule has 0 radical (unpaired) electrons. The molecule has 11 rings (SSSR count). The molecule has 5 heteroatoms. The minimum Gasteiger partial charge on any atom is -0.455 e. The Morgan fingerprint density at radius 1 is 0.339 bits per heavy atom. The van der Waals surface area contributed by atoms with E-state index >= 15 is 0 Å². The Bertz CT molecular complexity index is 3260. The molecule has 0 unspecified atom stereocenters. The molecular weight excluding hydrogens is 703 g/mol. The molecule has 0 saturated carbocycles. The zero-order valence-electron chi connectivity index (χ0n) is 30.1. The minimum absolute atomic E-state index is 0.570. The van der Waals surface area contributed by atoms with Crippen molar-refractivity contribution < 1.29 is 4.42 Å². The van der Waals surface area contributed by atoms with Crippen LogP contribution in [0.2, 0.25) is 0 Å². The first kappa shape index (κ1) is 32.2. The van der Waals surface area contributed by atoms with Crippen molar-refractivity contribution in [3.63, 3.8) is 0 Å². The van der Waals surface area contributed by atoms with Gasteiger partial charge in [-0.15, -0.1) is 11.3 Å². The highest BCUT2D eigenvalue weighted by Crippen LogP contribution is 2.42. The average Bonchev–Trinajstić information content (AvgIpc) is 3.85. The van der Waals surface area contributed by atoms with Gasteiger partial charge in [0.05, 0.1) is 5.56 Å². The summed E-state index contributed by atoms with van der Waals surface area (Å²) in [4.78, 5) is 15.2. The number of aromatic nitrogens is 3. The first-order chi connectivity index (χ1) is 27.7. The van der Waals surface area contributed by atoms with Gasteiger partial charge in [-0.2, -0.15) is 0 Å². The monoisotopic (exact) mass is 733 g/mol. The molecule has 262 valence electrons. The number of rotatable bonds is 6. The van der Waals surface area contributed by atoms with Gasteiger partial charge in [0.2, 0.25) is 0 Å². The highest BCUT2D eigenvalue weighted by atomic mass is 32.1. The van der Waals surface area contributed by atoms with Gasteiger partial charge < -0.3 is 4.42 Å². The van der Waals surface area contributed by atoms with E-state index in [0.717, 1.165) is 44.2 Å². The van der Waals surface area contributed by atoms with Crippen LogP contribution in [0.25, 0.3) is 110 Å². The van der Waals surface area contributed by atoms with Crippen molar-refractivity contribution in [1.82, 2.24) is 15.0 Å². The minimum atomic E-state index is 0.570. The lowest BCUT2D eigenvalue weighted by Crippen LogP contribution is -2.00. The zero-order valence-corrected chi connectivity index (χ0v) is 30.9. The number of hydrogen-bond donors (Lipinski definition) is 0. The van der Waals surface area contributed by atoms with Gasteiger partial charge in [-0.1, -0.05) is 152 Å². The third-order valence-electron chi connectivity index (χ3n) is 10.5. The number of nitrogens with zero attached hydrogens (tertiary/aromatic N) is 3. The maximum absolute atomic E-state index is 6.43. The smallest absolute Gasteiger partial charge is 0.167 e. The van der Waals surface area contributed by atoms with Crippen molar-refractivity contribution in [2.75, 3.05) is 0 Å². The molecule has 0 aliphatic heterocycles. The normalized spacial score (nSPS) is 11.6. The van der Waals surface area contributed by atoms with Crippen molar-refractivity contribution >= 4 is 53.4 Å². The molecule has 0 aliphatic carbocycles. The van der Waals surface area contributed by atoms with E-state index in [1.807, 2.05) is 72.0 Å². The number of thiophene rings is 1. The first-order valence-electron chi connectivity index (χ1n) is 18.7. The summed E-state index contributed by atoms with van der Waals surface area (Å²) >= 11 is 1.84. The predicted molar refractivity (Wildman–Crippen MR) is 233 cm³/mol. The Hall–Kier alpha value is -7.21. The predicted octanol–water partition coefficient (Wildman–Crippen LogP) is 14.1. The molecule has 8 aromatic carbocycles. The fraction of sp³-hybridized carbons (Fsp3) is 0. The molecule has 11 aromatic rings. The lowest BCUT2D eigenvalue weighted by atomic mass is 9.97. The Balaban J connectivity index is 1.02. The lowest BCUT2D eigenvalue weighted by molar-refractivity contribution is 0.669. The van der Waals surface area contributed by atoms with Crippen LogP contribution in [0.1, 0.15) is 0 Å². The molecule has 0 bridgehead atoms. The Kier molecular flexibility index (Phi) is 7.64. The van der Waals surface area contributed by atoms with Crippen molar-refractivity contribution in [2.45, 2.75) is 0 Å². The molecule has 0 amide bonds. The van der Waals surface area contributed by atoms with Gasteiger partial charge in [0, 0.05) is 42.1 Å². The molecule has 4 nitrogen and oxygen atoms in total. The molecule has 0 saturated heterocycles. The highest BCUT2D eigenvalue weighted by Gasteiger charge is 2.19. The van der Waals surface area contributed by atoms with E-state index < -0.39 is 0 Å². The lowest BCUT2D eigenvalue weighted by Gasteiger charge is -2.10. The number of fused-ring (bicyclic) bond motifs is 6. The van der Waals surface area contributed by atoms with Crippen molar-refractivity contribution in [2.24, 2.45) is 0 Å². The molecule has 0 spiro atoms. The van der Waals surface area contributed by atoms with Gasteiger partial charge in [-0.05, 0) is 69.8 Å². The van der Waals surface area contributed by atoms with Gasteiger partial charge in [0.25, 0.3) is 0 Å². The molecule has 0 aliphatic rings. The number of hydrogen-bond acceptors (Lipinski definition) is 5. The van der Waals surface area contributed by atoms with Crippen LogP contribution in [0, 0.1) is 0 Å². The molecule has 56 heavy (non-hydrogen) atoms. The first-order valence-corrected chi connectivity index (χ1v) is 19.5. The molecule has 3 heterocycles. The summed E-state index contributed by atoms with van der Waals surface area (Å²) in [5.41, 5.74) is 11.4. The van der Waals surface area contributed by atoms with E-state index in [9.17, 15) is 0 Å². The van der Waals surface area contributed by atoms with Crippen LogP contribution in [0.5, 0.6) is 0 Å². The van der Waals surface area contributed by atoms with Crippen LogP contribution in [0.15, 0.2) is 192 Å². The standard InChI is InChI=1S/C51H31N3OS/c1-3-13-32(14-4-1)34-17-9-18-35(29-34)36-27-28-46-44(31-36)42-24-11-22-39(48(42)56-46)37-19-10-20-38(30-37)50-52-49(33-15-5-2-6-16-33)53-51(54-50)43-25-12-23-41-40-21-7-8-26-45(40)55-47(41)43/h1-31H. The number of furan rings is 1.